The lowest BCUT2D eigenvalue weighted by atomic mass is 10.2. The molecule has 0 aliphatic rings. The molecule has 108 valence electrons. The van der Waals surface area contributed by atoms with E-state index in [2.05, 4.69) is 9.71 Å². The van der Waals surface area contributed by atoms with Crippen LogP contribution < -0.4 is 4.72 Å². The van der Waals surface area contributed by atoms with E-state index in [0.29, 0.717) is 10.6 Å². The molecule has 0 bridgehead atoms. The summed E-state index contributed by atoms with van der Waals surface area (Å²) < 4.78 is 26.8. The molecule has 2 aromatic rings. The van der Waals surface area contributed by atoms with Crippen molar-refractivity contribution in [2.24, 2.45) is 0 Å². The molecule has 0 unspecified atom stereocenters. The van der Waals surface area contributed by atoms with Crippen LogP contribution in [0.25, 0.3) is 0 Å². The molecule has 0 aliphatic heterocycles. The molecule has 5 nitrogen and oxygen atoms in total. The molecular weight excluding hydrogens is 320 g/mol. The summed E-state index contributed by atoms with van der Waals surface area (Å²) in [5.74, 6) is 0. The molecule has 0 spiro atoms. The number of aliphatic hydroxyl groups is 1. The minimum absolute atomic E-state index is 0.0761. The monoisotopic (exact) mass is 332 g/mol. The third-order valence-corrected chi connectivity index (χ3v) is 5.28. The number of aryl methyl sites for hydroxylation is 1. The maximum absolute atomic E-state index is 12.1. The molecule has 8 heteroatoms. The Morgan fingerprint density at radius 1 is 1.45 bits per heavy atom. The molecule has 0 saturated carbocycles. The van der Waals surface area contributed by atoms with E-state index in [1.54, 1.807) is 6.20 Å². The van der Waals surface area contributed by atoms with Gasteiger partial charge < -0.3 is 5.11 Å². The van der Waals surface area contributed by atoms with E-state index in [1.807, 2.05) is 6.92 Å². The number of halogens is 1. The molecule has 1 aromatic heterocycles. The Kier molecular flexibility index (Phi) is 4.77. The average Bonchev–Trinajstić information content (AvgIpc) is 2.83. The van der Waals surface area contributed by atoms with Gasteiger partial charge in [-0.2, -0.15) is 0 Å². The second-order valence-corrected chi connectivity index (χ2v) is 7.57. The van der Waals surface area contributed by atoms with Gasteiger partial charge >= 0.3 is 0 Å². The van der Waals surface area contributed by atoms with Gasteiger partial charge in [0.05, 0.1) is 16.5 Å². The van der Waals surface area contributed by atoms with E-state index >= 15 is 0 Å². The van der Waals surface area contributed by atoms with Crippen LogP contribution in [0.3, 0.4) is 0 Å². The molecular formula is C12H13ClN2O3S2. The fourth-order valence-corrected chi connectivity index (χ4v) is 3.64. The first kappa shape index (κ1) is 15.4. The van der Waals surface area contributed by atoms with E-state index in [-0.39, 0.29) is 18.0 Å². The number of nitrogens with zero attached hydrogens (tertiary/aromatic N) is 1. The first-order valence-corrected chi connectivity index (χ1v) is 8.40. The number of aromatic nitrogens is 1. The maximum atomic E-state index is 12.1. The zero-order valence-corrected chi connectivity index (χ0v) is 13.0. The molecule has 1 aromatic carbocycles. The summed E-state index contributed by atoms with van der Waals surface area (Å²) in [5.41, 5.74) is 0.378. The Labute approximate surface area is 126 Å². The van der Waals surface area contributed by atoms with Gasteiger partial charge in [-0.1, -0.05) is 11.6 Å². The number of benzene rings is 1. The van der Waals surface area contributed by atoms with Gasteiger partial charge in [-0.15, -0.1) is 11.3 Å². The van der Waals surface area contributed by atoms with E-state index in [9.17, 15) is 8.42 Å². The number of hydrogen-bond acceptors (Lipinski definition) is 5. The summed E-state index contributed by atoms with van der Waals surface area (Å²) in [7, 11) is -3.64. The molecule has 0 saturated heterocycles. The third kappa shape index (κ3) is 3.56. The normalized spacial score (nSPS) is 11.8. The summed E-state index contributed by atoms with van der Waals surface area (Å²) >= 11 is 7.27. The highest BCUT2D eigenvalue weighted by Gasteiger charge is 2.16. The summed E-state index contributed by atoms with van der Waals surface area (Å²) in [6.07, 6.45) is 1.64. The molecule has 2 N–H and O–H groups in total. The van der Waals surface area contributed by atoms with Gasteiger partial charge in [0.1, 0.15) is 0 Å². The zero-order valence-electron chi connectivity index (χ0n) is 10.6. The minimum Gasteiger partial charge on any atom is -0.392 e. The number of sulfonamides is 1. The van der Waals surface area contributed by atoms with Crippen molar-refractivity contribution >= 4 is 33.0 Å². The van der Waals surface area contributed by atoms with Gasteiger partial charge in [0, 0.05) is 22.6 Å². The predicted octanol–water partition coefficient (Wildman–Crippen LogP) is 2.08. The van der Waals surface area contributed by atoms with Crippen molar-refractivity contribution in [1.29, 1.82) is 0 Å². The Hall–Kier alpha value is -0.990. The lowest BCUT2D eigenvalue weighted by Gasteiger charge is -2.08. The number of thiazole rings is 1. The predicted molar refractivity (Wildman–Crippen MR) is 78.3 cm³/mol. The van der Waals surface area contributed by atoms with Crippen LogP contribution in [0.4, 0.5) is 0 Å². The van der Waals surface area contributed by atoms with Crippen LogP contribution in [0.1, 0.15) is 15.4 Å². The van der Waals surface area contributed by atoms with Crippen molar-refractivity contribution < 1.29 is 13.5 Å². The average molecular weight is 333 g/mol. The second kappa shape index (κ2) is 6.19. The van der Waals surface area contributed by atoms with E-state index in [4.69, 9.17) is 16.7 Å². The highest BCUT2D eigenvalue weighted by atomic mass is 35.5. The first-order chi connectivity index (χ1) is 9.42. The summed E-state index contributed by atoms with van der Waals surface area (Å²) in [6, 6.07) is 4.23. The Bertz CT molecular complexity index is 713. The minimum atomic E-state index is -3.64. The molecule has 0 amide bonds. The van der Waals surface area contributed by atoms with Crippen molar-refractivity contribution in [1.82, 2.24) is 9.71 Å². The van der Waals surface area contributed by atoms with Gasteiger partial charge in [-0.25, -0.2) is 18.1 Å². The van der Waals surface area contributed by atoms with E-state index in [0.717, 1.165) is 9.88 Å². The Morgan fingerprint density at radius 3 is 2.80 bits per heavy atom. The molecule has 2 rings (SSSR count). The first-order valence-electron chi connectivity index (χ1n) is 5.72. The largest absolute Gasteiger partial charge is 0.392 e. The number of aliphatic hydroxyl groups excluding tert-OH is 1. The summed E-state index contributed by atoms with van der Waals surface area (Å²) in [5, 5.41) is 10.3. The summed E-state index contributed by atoms with van der Waals surface area (Å²) in [6.45, 7) is 1.73. The Morgan fingerprint density at radius 2 is 2.20 bits per heavy atom. The van der Waals surface area contributed by atoms with E-state index < -0.39 is 10.0 Å². The lowest BCUT2D eigenvalue weighted by molar-refractivity contribution is 0.281. The molecule has 0 radical (unpaired) electrons. The molecule has 20 heavy (non-hydrogen) atoms. The SMILES string of the molecule is Cc1ncc(CNS(=O)(=O)c2ccc(Cl)c(CO)c2)s1. The molecule has 0 atom stereocenters. The van der Waals surface area contributed by atoms with Gasteiger partial charge in [-0.3, -0.25) is 0 Å². The fraction of sp³-hybridized carbons (Fsp3) is 0.250. The van der Waals surface area contributed by atoms with Crippen LogP contribution in [-0.2, 0) is 23.2 Å². The molecule has 0 aliphatic carbocycles. The second-order valence-electron chi connectivity index (χ2n) is 4.08. The van der Waals surface area contributed by atoms with Crippen LogP contribution in [-0.4, -0.2) is 18.5 Å². The van der Waals surface area contributed by atoms with Crippen molar-refractivity contribution in [2.45, 2.75) is 25.0 Å². The van der Waals surface area contributed by atoms with Gasteiger partial charge in [0.2, 0.25) is 10.0 Å². The lowest BCUT2D eigenvalue weighted by Crippen LogP contribution is -2.23. The van der Waals surface area contributed by atoms with Crippen molar-refractivity contribution in [3.8, 4) is 0 Å². The van der Waals surface area contributed by atoms with Gasteiger partial charge in [0.15, 0.2) is 0 Å². The van der Waals surface area contributed by atoms with Crippen molar-refractivity contribution in [3.63, 3.8) is 0 Å². The maximum Gasteiger partial charge on any atom is 0.240 e. The van der Waals surface area contributed by atoms with Gasteiger partial charge in [-0.05, 0) is 30.7 Å². The van der Waals surface area contributed by atoms with Crippen LogP contribution in [0.5, 0.6) is 0 Å². The van der Waals surface area contributed by atoms with E-state index in [1.165, 1.54) is 29.5 Å². The van der Waals surface area contributed by atoms with Crippen LogP contribution in [0.2, 0.25) is 5.02 Å². The number of hydrogen-bond donors (Lipinski definition) is 2. The van der Waals surface area contributed by atoms with Crippen LogP contribution >= 0.6 is 22.9 Å². The fourth-order valence-electron chi connectivity index (χ4n) is 1.58. The smallest absolute Gasteiger partial charge is 0.240 e. The molecule has 1 heterocycles. The van der Waals surface area contributed by atoms with Gasteiger partial charge in [0.25, 0.3) is 0 Å². The quantitative estimate of drug-likeness (QED) is 0.878. The topological polar surface area (TPSA) is 79.3 Å². The third-order valence-electron chi connectivity index (χ3n) is 2.60. The van der Waals surface area contributed by atoms with Crippen molar-refractivity contribution in [3.05, 3.63) is 44.9 Å². The molecule has 0 fully saturated rings. The van der Waals surface area contributed by atoms with Crippen molar-refractivity contribution in [2.75, 3.05) is 0 Å². The van der Waals surface area contributed by atoms with Crippen LogP contribution in [0, 0.1) is 6.92 Å². The zero-order chi connectivity index (χ0) is 14.8. The highest BCUT2D eigenvalue weighted by molar-refractivity contribution is 7.89. The Balaban J connectivity index is 2.17. The highest BCUT2D eigenvalue weighted by Crippen LogP contribution is 2.21. The number of nitrogens with one attached hydrogen (secondary N) is 1. The summed E-state index contributed by atoms with van der Waals surface area (Å²) in [4.78, 5) is 4.97. The van der Waals surface area contributed by atoms with Crippen LogP contribution in [0.15, 0.2) is 29.3 Å². The number of rotatable bonds is 5. The standard InChI is InChI=1S/C12H13ClN2O3S2/c1-8-14-5-10(19-8)6-15-20(17,18)11-2-3-12(13)9(4-11)7-16/h2-5,15-16H,6-7H2,1H3.